The normalized spacial score (nSPS) is 28.9. The summed E-state index contributed by atoms with van der Waals surface area (Å²) in [5.74, 6) is 0.295. The van der Waals surface area contributed by atoms with E-state index in [9.17, 15) is 4.79 Å². The van der Waals surface area contributed by atoms with Crippen LogP contribution in [-0.2, 0) is 10.5 Å². The Kier molecular flexibility index (Phi) is 2.63. The summed E-state index contributed by atoms with van der Waals surface area (Å²) < 4.78 is 0. The highest BCUT2D eigenvalue weighted by Gasteiger charge is 2.46. The first-order valence-electron chi connectivity index (χ1n) is 6.44. The van der Waals surface area contributed by atoms with E-state index in [1.807, 2.05) is 6.07 Å². The number of fused-ring (bicyclic) bond motifs is 1. The van der Waals surface area contributed by atoms with E-state index in [0.29, 0.717) is 12.3 Å². The summed E-state index contributed by atoms with van der Waals surface area (Å²) in [7, 11) is 0. The van der Waals surface area contributed by atoms with Gasteiger partial charge in [-0.05, 0) is 31.4 Å². The monoisotopic (exact) mass is 230 g/mol. The average molecular weight is 230 g/mol. The second-order valence-corrected chi connectivity index (χ2v) is 4.91. The van der Waals surface area contributed by atoms with E-state index in [-0.39, 0.29) is 5.66 Å². The van der Waals surface area contributed by atoms with Crippen LogP contribution < -0.4 is 5.32 Å². The van der Waals surface area contributed by atoms with Gasteiger partial charge in [0, 0.05) is 13.0 Å². The van der Waals surface area contributed by atoms with Gasteiger partial charge in [-0.15, -0.1) is 0 Å². The molecule has 3 heteroatoms. The maximum atomic E-state index is 12.0. The lowest BCUT2D eigenvalue weighted by Crippen LogP contribution is -2.52. The van der Waals surface area contributed by atoms with Crippen LogP contribution in [0, 0.1) is 0 Å². The second-order valence-electron chi connectivity index (χ2n) is 4.91. The summed E-state index contributed by atoms with van der Waals surface area (Å²) in [4.78, 5) is 14.1. The third-order valence-corrected chi connectivity index (χ3v) is 3.94. The largest absolute Gasteiger partial charge is 0.320 e. The van der Waals surface area contributed by atoms with Crippen LogP contribution in [0.2, 0.25) is 0 Å². The van der Waals surface area contributed by atoms with Crippen molar-refractivity contribution in [2.24, 2.45) is 0 Å². The Bertz CT molecular complexity index is 417. The third kappa shape index (κ3) is 1.65. The molecule has 1 N–H and O–H groups in total. The highest BCUT2D eigenvalue weighted by Crippen LogP contribution is 2.38. The molecule has 90 valence electrons. The summed E-state index contributed by atoms with van der Waals surface area (Å²) in [6, 6.07) is 10.4. The van der Waals surface area contributed by atoms with Gasteiger partial charge in [-0.3, -0.25) is 10.1 Å². The Labute approximate surface area is 102 Å². The number of carbonyl (C=O) groups is 1. The molecule has 0 saturated carbocycles. The van der Waals surface area contributed by atoms with Gasteiger partial charge >= 0.3 is 0 Å². The van der Waals surface area contributed by atoms with Crippen molar-refractivity contribution >= 4 is 5.91 Å². The van der Waals surface area contributed by atoms with E-state index in [1.54, 1.807) is 0 Å². The highest BCUT2D eigenvalue weighted by molar-refractivity contribution is 5.80. The molecule has 0 aliphatic carbocycles. The molecule has 0 aromatic heterocycles. The molecule has 17 heavy (non-hydrogen) atoms. The van der Waals surface area contributed by atoms with Crippen molar-refractivity contribution in [2.75, 3.05) is 13.1 Å². The minimum Gasteiger partial charge on any atom is -0.320 e. The number of rotatable bonds is 1. The number of hydrogen-bond donors (Lipinski definition) is 1. The molecule has 2 fully saturated rings. The third-order valence-electron chi connectivity index (χ3n) is 3.94. The van der Waals surface area contributed by atoms with Gasteiger partial charge in [-0.25, -0.2) is 0 Å². The Hall–Kier alpha value is -1.35. The lowest BCUT2D eigenvalue weighted by atomic mass is 9.96. The second kappa shape index (κ2) is 4.15. The molecule has 0 spiro atoms. The minimum atomic E-state index is -0.227. The Morgan fingerprint density at radius 1 is 1.18 bits per heavy atom. The van der Waals surface area contributed by atoms with Gasteiger partial charge in [0.2, 0.25) is 5.91 Å². The predicted molar refractivity (Wildman–Crippen MR) is 66.3 cm³/mol. The maximum absolute atomic E-state index is 12.0. The molecule has 2 aliphatic heterocycles. The minimum absolute atomic E-state index is 0.227. The quantitative estimate of drug-likeness (QED) is 0.798. The number of amides is 1. The molecule has 0 unspecified atom stereocenters. The zero-order chi connectivity index (χ0) is 11.7. The molecular formula is C14H18N2O. The molecule has 1 aromatic rings. The van der Waals surface area contributed by atoms with Gasteiger partial charge < -0.3 is 4.90 Å². The van der Waals surface area contributed by atoms with Crippen molar-refractivity contribution in [1.82, 2.24) is 10.2 Å². The van der Waals surface area contributed by atoms with E-state index < -0.39 is 0 Å². The van der Waals surface area contributed by atoms with Crippen LogP contribution in [0.5, 0.6) is 0 Å². The van der Waals surface area contributed by atoms with Crippen molar-refractivity contribution in [3.8, 4) is 0 Å². The van der Waals surface area contributed by atoms with Crippen molar-refractivity contribution in [3.05, 3.63) is 35.9 Å². The molecule has 1 amide bonds. The van der Waals surface area contributed by atoms with Gasteiger partial charge in [0.25, 0.3) is 0 Å². The number of nitrogens with one attached hydrogen (secondary N) is 1. The van der Waals surface area contributed by atoms with Crippen LogP contribution >= 0.6 is 0 Å². The lowest BCUT2D eigenvalue weighted by molar-refractivity contribution is -0.132. The van der Waals surface area contributed by atoms with Crippen LogP contribution in [0.4, 0.5) is 0 Å². The summed E-state index contributed by atoms with van der Waals surface area (Å²) in [5, 5.41) is 3.61. The molecule has 0 bridgehead atoms. The van der Waals surface area contributed by atoms with E-state index in [4.69, 9.17) is 0 Å². The standard InChI is InChI=1S/C14H18N2O/c17-13-8-9-14(12-6-2-1-3-7-12)15-10-4-5-11-16(13)14/h1-3,6-7,15H,4-5,8-11H2/t14-/m0/s1. The number of benzene rings is 1. The molecule has 2 heterocycles. The molecule has 2 saturated heterocycles. The van der Waals surface area contributed by atoms with Crippen LogP contribution in [0.15, 0.2) is 30.3 Å². The smallest absolute Gasteiger partial charge is 0.224 e. The summed E-state index contributed by atoms with van der Waals surface area (Å²) in [5.41, 5.74) is 1.00. The molecular weight excluding hydrogens is 212 g/mol. The Morgan fingerprint density at radius 3 is 2.82 bits per heavy atom. The Balaban J connectivity index is 2.04. The van der Waals surface area contributed by atoms with E-state index in [1.165, 1.54) is 5.56 Å². The van der Waals surface area contributed by atoms with E-state index >= 15 is 0 Å². The van der Waals surface area contributed by atoms with Crippen LogP contribution in [0.1, 0.15) is 31.2 Å². The molecule has 3 rings (SSSR count). The molecule has 1 atom stereocenters. The van der Waals surface area contributed by atoms with Crippen LogP contribution in [0.3, 0.4) is 0 Å². The number of hydrogen-bond acceptors (Lipinski definition) is 2. The van der Waals surface area contributed by atoms with Gasteiger partial charge in [0.1, 0.15) is 5.66 Å². The molecule has 1 aromatic carbocycles. The fourth-order valence-electron chi connectivity index (χ4n) is 3.08. The summed E-state index contributed by atoms with van der Waals surface area (Å²) in [6.07, 6.45) is 3.82. The molecule has 3 nitrogen and oxygen atoms in total. The molecule has 2 aliphatic rings. The van der Waals surface area contributed by atoms with Gasteiger partial charge in [-0.2, -0.15) is 0 Å². The first-order chi connectivity index (χ1) is 8.33. The van der Waals surface area contributed by atoms with E-state index in [0.717, 1.165) is 32.4 Å². The first kappa shape index (κ1) is 10.8. The predicted octanol–water partition coefficient (Wildman–Crippen LogP) is 1.85. The van der Waals surface area contributed by atoms with Crippen molar-refractivity contribution in [1.29, 1.82) is 0 Å². The van der Waals surface area contributed by atoms with Gasteiger partial charge in [0.05, 0.1) is 0 Å². The molecule has 0 radical (unpaired) electrons. The zero-order valence-corrected chi connectivity index (χ0v) is 9.98. The zero-order valence-electron chi connectivity index (χ0n) is 9.98. The number of carbonyl (C=O) groups excluding carboxylic acids is 1. The SMILES string of the molecule is O=C1CC[C@]2(c3ccccc3)NCCCCN12. The average Bonchev–Trinajstić information content (AvgIpc) is 2.58. The fraction of sp³-hybridized carbons (Fsp3) is 0.500. The fourth-order valence-corrected chi connectivity index (χ4v) is 3.08. The summed E-state index contributed by atoms with van der Waals surface area (Å²) in [6.45, 7) is 1.89. The van der Waals surface area contributed by atoms with Crippen molar-refractivity contribution < 1.29 is 4.79 Å². The van der Waals surface area contributed by atoms with Crippen molar-refractivity contribution in [3.63, 3.8) is 0 Å². The van der Waals surface area contributed by atoms with E-state index in [2.05, 4.69) is 34.5 Å². The van der Waals surface area contributed by atoms with Crippen molar-refractivity contribution in [2.45, 2.75) is 31.3 Å². The highest BCUT2D eigenvalue weighted by atomic mass is 16.2. The van der Waals surface area contributed by atoms with Gasteiger partial charge in [-0.1, -0.05) is 30.3 Å². The van der Waals surface area contributed by atoms with Crippen LogP contribution in [0.25, 0.3) is 0 Å². The Morgan fingerprint density at radius 2 is 2.00 bits per heavy atom. The topological polar surface area (TPSA) is 32.3 Å². The first-order valence-corrected chi connectivity index (χ1v) is 6.44. The number of nitrogens with zero attached hydrogens (tertiary/aromatic N) is 1. The maximum Gasteiger partial charge on any atom is 0.224 e. The van der Waals surface area contributed by atoms with Gasteiger partial charge in [0.15, 0.2) is 0 Å². The lowest BCUT2D eigenvalue weighted by Gasteiger charge is -2.38. The van der Waals surface area contributed by atoms with Crippen LogP contribution in [-0.4, -0.2) is 23.9 Å². The summed E-state index contributed by atoms with van der Waals surface area (Å²) >= 11 is 0.